The molecule has 0 radical (unpaired) electrons. The van der Waals surface area contributed by atoms with Crippen LogP contribution < -0.4 is 0 Å². The van der Waals surface area contributed by atoms with Gasteiger partial charge in [0.1, 0.15) is 0 Å². The summed E-state index contributed by atoms with van der Waals surface area (Å²) >= 11 is 0. The molecule has 2 unspecified atom stereocenters. The maximum atomic E-state index is 12.9. The van der Waals surface area contributed by atoms with Crippen molar-refractivity contribution < 1.29 is 23.1 Å². The van der Waals surface area contributed by atoms with Crippen LogP contribution in [0.25, 0.3) is 0 Å². The number of aliphatic carboxylic acids is 1. The Morgan fingerprint density at radius 2 is 1.93 bits per heavy atom. The minimum atomic E-state index is -3.49. The fourth-order valence-electron chi connectivity index (χ4n) is 3.85. The van der Waals surface area contributed by atoms with Crippen LogP contribution in [0.5, 0.6) is 0 Å². The first-order valence-electron chi connectivity index (χ1n) is 9.25. The van der Waals surface area contributed by atoms with Crippen LogP contribution in [-0.2, 0) is 25.4 Å². The van der Waals surface area contributed by atoms with Gasteiger partial charge in [0.05, 0.1) is 17.1 Å². The summed E-state index contributed by atoms with van der Waals surface area (Å²) in [5, 5.41) is 9.35. The number of hydrogen-bond donors (Lipinski definition) is 1. The van der Waals surface area contributed by atoms with Gasteiger partial charge in [0.15, 0.2) is 0 Å². The van der Waals surface area contributed by atoms with E-state index in [0.29, 0.717) is 32.4 Å². The molecule has 0 aromatic heterocycles. The molecule has 2 aliphatic rings. The SMILES string of the molecule is CC1(C(=O)O)CCN(C(=O)C2CCCN(S(=O)(=O)Cc3ccccc3)C2)C1. The quantitative estimate of drug-likeness (QED) is 0.818. The lowest BCUT2D eigenvalue weighted by molar-refractivity contribution is -0.147. The molecule has 7 nitrogen and oxygen atoms in total. The number of piperidine rings is 1. The third-order valence-electron chi connectivity index (χ3n) is 5.62. The molecule has 8 heteroatoms. The van der Waals surface area contributed by atoms with Gasteiger partial charge in [-0.25, -0.2) is 12.7 Å². The number of benzene rings is 1. The predicted molar refractivity (Wildman–Crippen MR) is 100 cm³/mol. The molecule has 1 N–H and O–H groups in total. The fraction of sp³-hybridized carbons (Fsp3) is 0.579. The molecule has 2 aliphatic heterocycles. The second-order valence-electron chi connectivity index (χ2n) is 7.81. The first-order valence-corrected chi connectivity index (χ1v) is 10.9. The topological polar surface area (TPSA) is 95.0 Å². The molecule has 1 aromatic rings. The third-order valence-corrected chi connectivity index (χ3v) is 7.44. The van der Waals surface area contributed by atoms with Crippen LogP contribution in [-0.4, -0.2) is 60.8 Å². The zero-order valence-electron chi connectivity index (χ0n) is 15.5. The van der Waals surface area contributed by atoms with Gasteiger partial charge in [-0.2, -0.15) is 0 Å². The van der Waals surface area contributed by atoms with Gasteiger partial charge < -0.3 is 10.0 Å². The number of amides is 1. The molecular weight excluding hydrogens is 368 g/mol. The summed E-state index contributed by atoms with van der Waals surface area (Å²) in [4.78, 5) is 25.8. The van der Waals surface area contributed by atoms with Crippen molar-refractivity contribution in [2.75, 3.05) is 26.2 Å². The lowest BCUT2D eigenvalue weighted by Gasteiger charge is -2.33. The second kappa shape index (κ2) is 7.59. The summed E-state index contributed by atoms with van der Waals surface area (Å²) in [6.07, 6.45) is 1.70. The van der Waals surface area contributed by atoms with Crippen molar-refractivity contribution in [3.05, 3.63) is 35.9 Å². The lowest BCUT2D eigenvalue weighted by Crippen LogP contribution is -2.47. The van der Waals surface area contributed by atoms with Crippen molar-refractivity contribution in [1.82, 2.24) is 9.21 Å². The summed E-state index contributed by atoms with van der Waals surface area (Å²) in [7, 11) is -3.49. The van der Waals surface area contributed by atoms with Crippen LogP contribution in [0.3, 0.4) is 0 Å². The molecule has 3 rings (SSSR count). The second-order valence-corrected chi connectivity index (χ2v) is 9.78. The number of nitrogens with zero attached hydrogens (tertiary/aromatic N) is 2. The van der Waals surface area contributed by atoms with Crippen LogP contribution in [0.2, 0.25) is 0 Å². The molecule has 1 amide bonds. The van der Waals surface area contributed by atoms with Crippen LogP contribution in [0.4, 0.5) is 0 Å². The summed E-state index contributed by atoms with van der Waals surface area (Å²) in [5.41, 5.74) is -0.189. The highest BCUT2D eigenvalue weighted by Crippen LogP contribution is 2.32. The highest BCUT2D eigenvalue weighted by molar-refractivity contribution is 7.88. The fourth-order valence-corrected chi connectivity index (χ4v) is 5.47. The maximum absolute atomic E-state index is 12.9. The van der Waals surface area contributed by atoms with Crippen molar-refractivity contribution in [3.63, 3.8) is 0 Å². The van der Waals surface area contributed by atoms with E-state index in [2.05, 4.69) is 0 Å². The van der Waals surface area contributed by atoms with Crippen molar-refractivity contribution in [3.8, 4) is 0 Å². The molecule has 2 atom stereocenters. The molecule has 2 fully saturated rings. The Hall–Kier alpha value is -1.93. The Bertz CT molecular complexity index is 811. The average molecular weight is 394 g/mol. The zero-order chi connectivity index (χ0) is 19.7. The Morgan fingerprint density at radius 1 is 1.22 bits per heavy atom. The number of likely N-dealkylation sites (tertiary alicyclic amines) is 1. The molecule has 2 heterocycles. The summed E-state index contributed by atoms with van der Waals surface area (Å²) in [6, 6.07) is 9.01. The molecule has 0 spiro atoms. The van der Waals surface area contributed by atoms with Gasteiger partial charge in [-0.05, 0) is 31.7 Å². The zero-order valence-corrected chi connectivity index (χ0v) is 16.3. The van der Waals surface area contributed by atoms with E-state index in [1.165, 1.54) is 4.31 Å². The van der Waals surface area contributed by atoms with Crippen molar-refractivity contribution >= 4 is 21.9 Å². The number of hydrogen-bond acceptors (Lipinski definition) is 4. The number of sulfonamides is 1. The van der Waals surface area contributed by atoms with Crippen molar-refractivity contribution in [2.45, 2.75) is 31.9 Å². The Kier molecular flexibility index (Phi) is 5.58. The van der Waals surface area contributed by atoms with Crippen LogP contribution in [0.1, 0.15) is 31.7 Å². The largest absolute Gasteiger partial charge is 0.481 e. The Labute approximate surface area is 160 Å². The maximum Gasteiger partial charge on any atom is 0.311 e. The minimum absolute atomic E-state index is 0.0739. The van der Waals surface area contributed by atoms with E-state index in [0.717, 1.165) is 5.56 Å². The normalized spacial score (nSPS) is 26.9. The average Bonchev–Trinajstić information content (AvgIpc) is 3.05. The first kappa shape index (κ1) is 19.8. The summed E-state index contributed by atoms with van der Waals surface area (Å²) < 4.78 is 26.9. The minimum Gasteiger partial charge on any atom is -0.481 e. The van der Waals surface area contributed by atoms with E-state index >= 15 is 0 Å². The molecular formula is C19H26N2O5S. The summed E-state index contributed by atoms with van der Waals surface area (Å²) in [6.45, 7) is 2.85. The van der Waals surface area contributed by atoms with Gasteiger partial charge in [-0.15, -0.1) is 0 Å². The highest BCUT2D eigenvalue weighted by atomic mass is 32.2. The molecule has 2 saturated heterocycles. The van der Waals surface area contributed by atoms with Gasteiger partial charge in [0.25, 0.3) is 0 Å². The van der Waals surface area contributed by atoms with Gasteiger partial charge in [-0.3, -0.25) is 9.59 Å². The Balaban J connectivity index is 1.65. The number of carboxylic acids is 1. The van der Waals surface area contributed by atoms with Crippen LogP contribution in [0, 0.1) is 11.3 Å². The van der Waals surface area contributed by atoms with Gasteiger partial charge in [-0.1, -0.05) is 30.3 Å². The number of carbonyl (C=O) groups is 2. The molecule has 0 bridgehead atoms. The van der Waals surface area contributed by atoms with E-state index in [-0.39, 0.29) is 24.7 Å². The highest BCUT2D eigenvalue weighted by Gasteiger charge is 2.44. The van der Waals surface area contributed by atoms with E-state index in [1.54, 1.807) is 36.1 Å². The summed E-state index contributed by atoms with van der Waals surface area (Å²) in [5.74, 6) is -1.50. The van der Waals surface area contributed by atoms with E-state index in [4.69, 9.17) is 0 Å². The number of rotatable bonds is 5. The number of carbonyl (C=O) groups excluding carboxylic acids is 1. The van der Waals surface area contributed by atoms with E-state index < -0.39 is 27.3 Å². The monoisotopic (exact) mass is 394 g/mol. The van der Waals surface area contributed by atoms with Crippen LogP contribution in [0.15, 0.2) is 30.3 Å². The predicted octanol–water partition coefficient (Wildman–Crippen LogP) is 1.55. The Morgan fingerprint density at radius 3 is 2.56 bits per heavy atom. The lowest BCUT2D eigenvalue weighted by atomic mass is 9.90. The number of carboxylic acid groups (broad SMARTS) is 1. The van der Waals surface area contributed by atoms with Gasteiger partial charge in [0.2, 0.25) is 15.9 Å². The molecule has 0 saturated carbocycles. The standard InChI is InChI=1S/C19H26N2O5S/c1-19(18(23)24)9-11-20(14-19)17(22)16-8-5-10-21(12-16)27(25,26)13-15-6-3-2-4-7-15/h2-4,6-7,16H,5,8-14H2,1H3,(H,23,24). The van der Waals surface area contributed by atoms with Crippen molar-refractivity contribution in [1.29, 1.82) is 0 Å². The molecule has 1 aromatic carbocycles. The van der Waals surface area contributed by atoms with Crippen LogP contribution >= 0.6 is 0 Å². The third kappa shape index (κ3) is 4.32. The molecule has 148 valence electrons. The molecule has 0 aliphatic carbocycles. The van der Waals surface area contributed by atoms with E-state index in [1.807, 2.05) is 6.07 Å². The molecule has 27 heavy (non-hydrogen) atoms. The van der Waals surface area contributed by atoms with Gasteiger partial charge in [0, 0.05) is 26.2 Å². The van der Waals surface area contributed by atoms with Gasteiger partial charge >= 0.3 is 5.97 Å². The van der Waals surface area contributed by atoms with Crippen molar-refractivity contribution in [2.24, 2.45) is 11.3 Å². The smallest absolute Gasteiger partial charge is 0.311 e. The first-order chi connectivity index (χ1) is 12.7. The van der Waals surface area contributed by atoms with E-state index in [9.17, 15) is 23.1 Å².